The van der Waals surface area contributed by atoms with Gasteiger partial charge in [0.05, 0.1) is 0 Å². The molecule has 31 heavy (non-hydrogen) atoms. The predicted octanol–water partition coefficient (Wildman–Crippen LogP) is 2.23. The highest BCUT2D eigenvalue weighted by molar-refractivity contribution is 5.98. The molecule has 0 atom stereocenters. The second-order valence-electron chi connectivity index (χ2n) is 7.79. The quantitative estimate of drug-likeness (QED) is 0.703. The van der Waals surface area contributed by atoms with Crippen molar-refractivity contribution in [2.24, 2.45) is 0 Å². The third-order valence-electron chi connectivity index (χ3n) is 5.45. The Kier molecular flexibility index (Phi) is 7.44. The lowest BCUT2D eigenvalue weighted by Gasteiger charge is -2.20. The van der Waals surface area contributed by atoms with E-state index in [1.807, 2.05) is 49.9 Å². The zero-order valence-electron chi connectivity index (χ0n) is 18.6. The molecule has 166 valence electrons. The second kappa shape index (κ2) is 10.2. The summed E-state index contributed by atoms with van der Waals surface area (Å²) in [5.74, 6) is -0.462. The molecule has 1 aliphatic heterocycles. The van der Waals surface area contributed by atoms with Gasteiger partial charge in [-0.3, -0.25) is 19.1 Å². The van der Waals surface area contributed by atoms with Gasteiger partial charge in [-0.05, 0) is 32.8 Å². The fourth-order valence-corrected chi connectivity index (χ4v) is 3.69. The van der Waals surface area contributed by atoms with Crippen LogP contribution in [-0.4, -0.2) is 63.5 Å². The van der Waals surface area contributed by atoms with Crippen LogP contribution in [0.2, 0.25) is 0 Å². The number of amides is 3. The zero-order chi connectivity index (χ0) is 22.4. The molecule has 3 amide bonds. The van der Waals surface area contributed by atoms with Gasteiger partial charge in [0.15, 0.2) is 5.69 Å². The molecule has 8 nitrogen and oxygen atoms in total. The van der Waals surface area contributed by atoms with Crippen molar-refractivity contribution in [1.82, 2.24) is 24.9 Å². The van der Waals surface area contributed by atoms with E-state index in [4.69, 9.17) is 0 Å². The third kappa shape index (κ3) is 5.51. The fraction of sp³-hybridized carbons (Fsp3) is 0.478. The molecule has 0 spiro atoms. The van der Waals surface area contributed by atoms with Crippen molar-refractivity contribution < 1.29 is 14.4 Å². The first kappa shape index (κ1) is 22.5. The van der Waals surface area contributed by atoms with Crippen molar-refractivity contribution in [2.45, 2.75) is 46.7 Å². The molecule has 1 aromatic heterocycles. The Hall–Kier alpha value is -3.16. The number of aryl methyl sites for hydroxylation is 2. The molecule has 0 saturated carbocycles. The van der Waals surface area contributed by atoms with Crippen LogP contribution in [0.15, 0.2) is 30.3 Å². The molecule has 0 unspecified atom stereocenters. The topological polar surface area (TPSA) is 87.5 Å². The Balaban J connectivity index is 1.73. The van der Waals surface area contributed by atoms with Gasteiger partial charge in [-0.15, -0.1) is 0 Å². The number of hydrogen-bond acceptors (Lipinski definition) is 4. The number of rotatable bonds is 8. The van der Waals surface area contributed by atoms with Gasteiger partial charge in [-0.2, -0.15) is 5.10 Å². The Morgan fingerprint density at radius 2 is 1.90 bits per heavy atom. The van der Waals surface area contributed by atoms with Crippen LogP contribution in [0.25, 0.3) is 0 Å². The van der Waals surface area contributed by atoms with Crippen molar-refractivity contribution in [2.75, 3.05) is 26.2 Å². The average molecular weight is 426 g/mol. The lowest BCUT2D eigenvalue weighted by atomic mass is 10.1. The maximum absolute atomic E-state index is 13.2. The van der Waals surface area contributed by atoms with Crippen LogP contribution in [0.5, 0.6) is 0 Å². The fourth-order valence-electron chi connectivity index (χ4n) is 3.69. The zero-order valence-corrected chi connectivity index (χ0v) is 18.6. The summed E-state index contributed by atoms with van der Waals surface area (Å²) in [7, 11) is 0. The van der Waals surface area contributed by atoms with Crippen molar-refractivity contribution in [3.8, 4) is 0 Å². The Bertz CT molecular complexity index is 935. The highest BCUT2D eigenvalue weighted by Crippen LogP contribution is 2.18. The highest BCUT2D eigenvalue weighted by atomic mass is 16.2. The first-order valence-electron chi connectivity index (χ1n) is 10.9. The molecular formula is C23H31N5O3. The minimum absolute atomic E-state index is 0.0868. The molecule has 0 radical (unpaired) electrons. The highest BCUT2D eigenvalue weighted by Gasteiger charge is 2.27. The maximum Gasteiger partial charge on any atom is 0.274 e. The standard InChI is InChI=1S/C23H31N5O3/c1-4-24-21(29)11-14-26(5-2)22(30)19-15-20-23(31)27(12-6-13-28(20)25-19)16-18-9-7-17(3)8-10-18/h7-10,15H,4-6,11-14,16H2,1-3H3,(H,24,29). The van der Waals surface area contributed by atoms with Crippen molar-refractivity contribution >= 4 is 17.7 Å². The molecular weight excluding hydrogens is 394 g/mol. The smallest absolute Gasteiger partial charge is 0.274 e. The summed E-state index contributed by atoms with van der Waals surface area (Å²) in [6.45, 7) is 8.87. The molecule has 0 fully saturated rings. The molecule has 0 bridgehead atoms. The summed E-state index contributed by atoms with van der Waals surface area (Å²) in [5.41, 5.74) is 2.94. The normalized spacial score (nSPS) is 13.5. The van der Waals surface area contributed by atoms with Gasteiger partial charge in [0, 0.05) is 51.8 Å². The Labute approximate surface area is 183 Å². The SMILES string of the molecule is CCNC(=O)CCN(CC)C(=O)c1cc2n(n1)CCCN(Cc1ccc(C)cc1)C2=O. The van der Waals surface area contributed by atoms with Crippen LogP contribution in [0.3, 0.4) is 0 Å². The van der Waals surface area contributed by atoms with Crippen molar-refractivity contribution in [3.63, 3.8) is 0 Å². The number of nitrogens with zero attached hydrogens (tertiary/aromatic N) is 4. The lowest BCUT2D eigenvalue weighted by Crippen LogP contribution is -2.35. The lowest BCUT2D eigenvalue weighted by molar-refractivity contribution is -0.121. The van der Waals surface area contributed by atoms with Gasteiger partial charge in [-0.1, -0.05) is 29.8 Å². The van der Waals surface area contributed by atoms with Gasteiger partial charge >= 0.3 is 0 Å². The summed E-state index contributed by atoms with van der Waals surface area (Å²) in [4.78, 5) is 41.3. The number of hydrogen-bond donors (Lipinski definition) is 1. The number of carbonyl (C=O) groups is 3. The van der Waals surface area contributed by atoms with Crippen molar-refractivity contribution in [1.29, 1.82) is 0 Å². The number of carbonyl (C=O) groups excluding carboxylic acids is 3. The summed E-state index contributed by atoms with van der Waals surface area (Å²) in [5, 5.41) is 7.16. The molecule has 2 aromatic rings. The number of nitrogens with one attached hydrogen (secondary N) is 1. The van der Waals surface area contributed by atoms with E-state index in [1.54, 1.807) is 15.6 Å². The molecule has 1 aliphatic rings. The van der Waals surface area contributed by atoms with Crippen LogP contribution in [-0.2, 0) is 17.9 Å². The van der Waals surface area contributed by atoms with Gasteiger partial charge in [0.1, 0.15) is 5.69 Å². The Morgan fingerprint density at radius 1 is 1.16 bits per heavy atom. The van der Waals surface area contributed by atoms with E-state index in [-0.39, 0.29) is 29.8 Å². The molecule has 0 saturated heterocycles. The van der Waals surface area contributed by atoms with E-state index in [9.17, 15) is 14.4 Å². The van der Waals surface area contributed by atoms with Gasteiger partial charge in [-0.25, -0.2) is 0 Å². The second-order valence-corrected chi connectivity index (χ2v) is 7.79. The predicted molar refractivity (Wildman–Crippen MR) is 118 cm³/mol. The van der Waals surface area contributed by atoms with E-state index < -0.39 is 0 Å². The number of fused-ring (bicyclic) bond motifs is 1. The van der Waals surface area contributed by atoms with Crippen molar-refractivity contribution in [3.05, 3.63) is 52.8 Å². The number of aromatic nitrogens is 2. The van der Waals surface area contributed by atoms with Crippen LogP contribution in [0.1, 0.15) is 58.8 Å². The summed E-state index contributed by atoms with van der Waals surface area (Å²) >= 11 is 0. The average Bonchev–Trinajstić information content (AvgIpc) is 3.13. The molecule has 1 N–H and O–H groups in total. The maximum atomic E-state index is 13.2. The molecule has 3 rings (SSSR count). The summed E-state index contributed by atoms with van der Waals surface area (Å²) < 4.78 is 1.64. The number of benzene rings is 1. The minimum atomic E-state index is -0.259. The molecule has 1 aromatic carbocycles. The molecule has 8 heteroatoms. The van der Waals surface area contributed by atoms with E-state index in [1.165, 1.54) is 5.56 Å². The summed E-state index contributed by atoms with van der Waals surface area (Å²) in [6.07, 6.45) is 1.01. The molecule has 2 heterocycles. The van der Waals surface area contributed by atoms with E-state index in [0.29, 0.717) is 45.0 Å². The van der Waals surface area contributed by atoms with Crippen LogP contribution >= 0.6 is 0 Å². The van der Waals surface area contributed by atoms with Gasteiger partial charge < -0.3 is 15.1 Å². The third-order valence-corrected chi connectivity index (χ3v) is 5.45. The van der Waals surface area contributed by atoms with Gasteiger partial charge in [0.25, 0.3) is 11.8 Å². The molecule has 0 aliphatic carbocycles. The summed E-state index contributed by atoms with van der Waals surface area (Å²) in [6, 6.07) is 9.74. The van der Waals surface area contributed by atoms with E-state index in [2.05, 4.69) is 10.4 Å². The monoisotopic (exact) mass is 425 g/mol. The van der Waals surface area contributed by atoms with Crippen LogP contribution in [0, 0.1) is 6.92 Å². The van der Waals surface area contributed by atoms with Gasteiger partial charge in [0.2, 0.25) is 5.91 Å². The van der Waals surface area contributed by atoms with Crippen LogP contribution in [0.4, 0.5) is 0 Å². The van der Waals surface area contributed by atoms with E-state index >= 15 is 0 Å². The first-order chi connectivity index (χ1) is 14.9. The Morgan fingerprint density at radius 3 is 2.58 bits per heavy atom. The largest absolute Gasteiger partial charge is 0.356 e. The first-order valence-corrected chi connectivity index (χ1v) is 10.9. The minimum Gasteiger partial charge on any atom is -0.356 e. The van der Waals surface area contributed by atoms with Crippen LogP contribution < -0.4 is 5.32 Å². The van der Waals surface area contributed by atoms with E-state index in [0.717, 1.165) is 12.0 Å².